The molecule has 0 amide bonds. The fraction of sp³-hybridized carbons (Fsp3) is 0.714. The topological polar surface area (TPSA) is 59.5 Å². The van der Waals surface area contributed by atoms with Crippen molar-refractivity contribution in [3.05, 3.63) is 11.2 Å². The van der Waals surface area contributed by atoms with E-state index in [1.807, 2.05) is 0 Å². The van der Waals surface area contributed by atoms with Gasteiger partial charge in [-0.05, 0) is 25.3 Å². The van der Waals surface area contributed by atoms with Gasteiger partial charge in [0, 0.05) is 26.7 Å². The molecule has 1 unspecified atom stereocenters. The highest BCUT2D eigenvalue weighted by Crippen LogP contribution is 2.28. The highest BCUT2D eigenvalue weighted by Gasteiger charge is 2.23. The summed E-state index contributed by atoms with van der Waals surface area (Å²) in [4.78, 5) is 10.6. The average Bonchev–Trinajstić information content (AvgIpc) is 2.52. The summed E-state index contributed by atoms with van der Waals surface area (Å²) in [5.41, 5.74) is 0. The molecule has 1 saturated heterocycles. The standard InChI is InChI=1S/C14H23ClN4O2/c1-20-7-5-16-8-11-4-3-6-19(10-11)13-12(15)9-17-14(18-13)21-2/h9,11,16H,3-8,10H2,1-2H3. The van der Waals surface area contributed by atoms with Crippen LogP contribution >= 0.6 is 11.6 Å². The molecule has 1 fully saturated rings. The Morgan fingerprint density at radius 3 is 3.10 bits per heavy atom. The maximum absolute atomic E-state index is 6.23. The van der Waals surface area contributed by atoms with Crippen molar-refractivity contribution < 1.29 is 9.47 Å². The number of nitrogens with one attached hydrogen (secondary N) is 1. The molecule has 1 aromatic rings. The molecule has 118 valence electrons. The van der Waals surface area contributed by atoms with Crippen LogP contribution in [0.1, 0.15) is 12.8 Å². The molecule has 0 spiro atoms. The van der Waals surface area contributed by atoms with Gasteiger partial charge in [-0.2, -0.15) is 4.98 Å². The number of aromatic nitrogens is 2. The van der Waals surface area contributed by atoms with Crippen molar-refractivity contribution in [2.75, 3.05) is 51.9 Å². The Hall–Kier alpha value is -1.11. The van der Waals surface area contributed by atoms with Crippen LogP contribution < -0.4 is 15.0 Å². The quantitative estimate of drug-likeness (QED) is 0.771. The minimum Gasteiger partial charge on any atom is -0.467 e. The summed E-state index contributed by atoms with van der Waals surface area (Å²) < 4.78 is 10.1. The largest absolute Gasteiger partial charge is 0.467 e. The van der Waals surface area contributed by atoms with Crippen molar-refractivity contribution in [2.45, 2.75) is 12.8 Å². The Labute approximate surface area is 130 Å². The van der Waals surface area contributed by atoms with Crippen molar-refractivity contribution in [2.24, 2.45) is 5.92 Å². The fourth-order valence-corrected chi connectivity index (χ4v) is 2.78. The SMILES string of the molecule is COCCNCC1CCCN(c2nc(OC)ncc2Cl)C1. The minimum atomic E-state index is 0.356. The van der Waals surface area contributed by atoms with Gasteiger partial charge >= 0.3 is 6.01 Å². The number of methoxy groups -OCH3 is 2. The number of nitrogens with zero attached hydrogens (tertiary/aromatic N) is 3. The molecule has 1 aliphatic heterocycles. The van der Waals surface area contributed by atoms with Crippen molar-refractivity contribution in [1.29, 1.82) is 0 Å². The van der Waals surface area contributed by atoms with Gasteiger partial charge in [0.25, 0.3) is 0 Å². The zero-order valence-corrected chi connectivity index (χ0v) is 13.4. The number of ether oxygens (including phenoxy) is 2. The third-order valence-corrected chi connectivity index (χ3v) is 3.89. The van der Waals surface area contributed by atoms with E-state index in [1.165, 1.54) is 6.42 Å². The lowest BCUT2D eigenvalue weighted by Crippen LogP contribution is -2.40. The summed E-state index contributed by atoms with van der Waals surface area (Å²) in [5.74, 6) is 1.36. The lowest BCUT2D eigenvalue weighted by Gasteiger charge is -2.34. The third kappa shape index (κ3) is 4.69. The summed E-state index contributed by atoms with van der Waals surface area (Å²) in [6.07, 6.45) is 3.96. The van der Waals surface area contributed by atoms with Gasteiger partial charge in [0.05, 0.1) is 19.9 Å². The van der Waals surface area contributed by atoms with Gasteiger partial charge in [0.2, 0.25) is 0 Å². The summed E-state index contributed by atoms with van der Waals surface area (Å²) >= 11 is 6.23. The molecule has 1 atom stereocenters. The number of rotatable bonds is 7. The minimum absolute atomic E-state index is 0.356. The second-order valence-corrected chi connectivity index (χ2v) is 5.59. The van der Waals surface area contributed by atoms with Crippen molar-refractivity contribution >= 4 is 17.4 Å². The van der Waals surface area contributed by atoms with Crippen LogP contribution in [0.25, 0.3) is 0 Å². The first-order chi connectivity index (χ1) is 10.2. The van der Waals surface area contributed by atoms with Gasteiger partial charge in [-0.1, -0.05) is 11.6 Å². The van der Waals surface area contributed by atoms with E-state index in [2.05, 4.69) is 20.2 Å². The molecule has 0 aromatic carbocycles. The van der Waals surface area contributed by atoms with Gasteiger partial charge in [0.15, 0.2) is 5.82 Å². The van der Waals surface area contributed by atoms with Crippen molar-refractivity contribution in [3.63, 3.8) is 0 Å². The Kier molecular flexibility index (Phi) is 6.48. The Balaban J connectivity index is 1.94. The molecular weight excluding hydrogens is 292 g/mol. The second kappa shape index (κ2) is 8.36. The Morgan fingerprint density at radius 1 is 1.48 bits per heavy atom. The molecule has 0 radical (unpaired) electrons. The van der Waals surface area contributed by atoms with Gasteiger partial charge < -0.3 is 19.7 Å². The van der Waals surface area contributed by atoms with Gasteiger partial charge in [-0.15, -0.1) is 0 Å². The van der Waals surface area contributed by atoms with Crippen LogP contribution in [0.2, 0.25) is 5.02 Å². The lowest BCUT2D eigenvalue weighted by atomic mass is 9.98. The molecule has 1 aliphatic rings. The number of halogens is 1. The molecule has 0 aliphatic carbocycles. The normalized spacial score (nSPS) is 18.8. The first-order valence-electron chi connectivity index (χ1n) is 7.25. The van der Waals surface area contributed by atoms with E-state index in [-0.39, 0.29) is 0 Å². The number of anilines is 1. The van der Waals surface area contributed by atoms with Crippen LogP contribution in [0, 0.1) is 5.92 Å². The predicted molar refractivity (Wildman–Crippen MR) is 83.3 cm³/mol. The fourth-order valence-electron chi connectivity index (χ4n) is 2.57. The highest BCUT2D eigenvalue weighted by atomic mass is 35.5. The van der Waals surface area contributed by atoms with Crippen molar-refractivity contribution in [3.8, 4) is 6.01 Å². The zero-order valence-electron chi connectivity index (χ0n) is 12.6. The van der Waals surface area contributed by atoms with E-state index in [9.17, 15) is 0 Å². The Morgan fingerprint density at radius 2 is 2.33 bits per heavy atom. The smallest absolute Gasteiger partial charge is 0.318 e. The summed E-state index contributed by atoms with van der Waals surface area (Å²) in [7, 11) is 3.28. The first kappa shape index (κ1) is 16.3. The molecule has 7 heteroatoms. The number of piperidine rings is 1. The maximum Gasteiger partial charge on any atom is 0.318 e. The average molecular weight is 315 g/mol. The maximum atomic E-state index is 6.23. The van der Waals surface area contributed by atoms with E-state index < -0.39 is 0 Å². The summed E-state index contributed by atoms with van der Waals surface area (Å²) in [6.45, 7) is 4.52. The zero-order chi connectivity index (χ0) is 15.1. The summed E-state index contributed by atoms with van der Waals surface area (Å²) in [5, 5.41) is 4.00. The molecule has 21 heavy (non-hydrogen) atoms. The van der Waals surface area contributed by atoms with E-state index in [0.29, 0.717) is 17.0 Å². The molecule has 0 bridgehead atoms. The molecular formula is C14H23ClN4O2. The molecule has 2 heterocycles. The van der Waals surface area contributed by atoms with Gasteiger partial charge in [-0.3, -0.25) is 0 Å². The first-order valence-corrected chi connectivity index (χ1v) is 7.63. The molecule has 0 saturated carbocycles. The number of hydrogen-bond donors (Lipinski definition) is 1. The van der Waals surface area contributed by atoms with E-state index in [1.54, 1.807) is 20.4 Å². The monoisotopic (exact) mass is 314 g/mol. The molecule has 2 rings (SSSR count). The van der Waals surface area contributed by atoms with Crippen LogP contribution in [0.15, 0.2) is 6.20 Å². The van der Waals surface area contributed by atoms with Crippen LogP contribution in [0.3, 0.4) is 0 Å². The lowest BCUT2D eigenvalue weighted by molar-refractivity contribution is 0.197. The second-order valence-electron chi connectivity index (χ2n) is 5.18. The van der Waals surface area contributed by atoms with Crippen LogP contribution in [-0.4, -0.2) is 57.0 Å². The number of hydrogen-bond acceptors (Lipinski definition) is 6. The van der Waals surface area contributed by atoms with Gasteiger partial charge in [-0.25, -0.2) is 4.98 Å². The molecule has 1 N–H and O–H groups in total. The third-order valence-electron chi connectivity index (χ3n) is 3.62. The van der Waals surface area contributed by atoms with Crippen LogP contribution in [0.4, 0.5) is 5.82 Å². The van der Waals surface area contributed by atoms with E-state index in [0.717, 1.165) is 45.0 Å². The predicted octanol–water partition coefficient (Wildman–Crippen LogP) is 1.59. The van der Waals surface area contributed by atoms with Crippen molar-refractivity contribution in [1.82, 2.24) is 15.3 Å². The summed E-state index contributed by atoms with van der Waals surface area (Å²) in [6, 6.07) is 0.356. The van der Waals surface area contributed by atoms with Crippen LogP contribution in [0.5, 0.6) is 6.01 Å². The molecule has 6 nitrogen and oxygen atoms in total. The molecule has 1 aromatic heterocycles. The Bertz CT molecular complexity index is 447. The van der Waals surface area contributed by atoms with E-state index in [4.69, 9.17) is 21.1 Å². The highest BCUT2D eigenvalue weighted by molar-refractivity contribution is 6.32. The van der Waals surface area contributed by atoms with Crippen LogP contribution in [-0.2, 0) is 4.74 Å². The van der Waals surface area contributed by atoms with E-state index >= 15 is 0 Å². The van der Waals surface area contributed by atoms with Gasteiger partial charge in [0.1, 0.15) is 5.02 Å².